The Kier molecular flexibility index (Phi) is 6.10. The van der Waals surface area contributed by atoms with Gasteiger partial charge in [-0.15, -0.1) is 0 Å². The molecule has 0 atom stereocenters. The number of hydrogen-bond donors (Lipinski definition) is 2. The first-order valence-corrected chi connectivity index (χ1v) is 9.25. The summed E-state index contributed by atoms with van der Waals surface area (Å²) in [5.74, 6) is -0.140. The molecule has 0 aliphatic rings. The van der Waals surface area contributed by atoms with Gasteiger partial charge < -0.3 is 10.1 Å². The first-order valence-electron chi connectivity index (χ1n) is 9.25. The van der Waals surface area contributed by atoms with E-state index in [9.17, 15) is 19.3 Å². The summed E-state index contributed by atoms with van der Waals surface area (Å²) in [4.78, 5) is 31.1. The van der Waals surface area contributed by atoms with E-state index in [1.807, 2.05) is 0 Å². The van der Waals surface area contributed by atoms with Crippen molar-refractivity contribution in [1.82, 2.24) is 9.97 Å². The minimum atomic E-state index is -0.648. The highest BCUT2D eigenvalue weighted by molar-refractivity contribution is 5.83. The number of nitrogens with zero attached hydrogens (tertiary/aromatic N) is 3. The van der Waals surface area contributed by atoms with Crippen LogP contribution < -0.4 is 10.6 Å². The average Bonchev–Trinajstić information content (AvgIpc) is 2.68. The third kappa shape index (κ3) is 5.95. The van der Waals surface area contributed by atoms with Gasteiger partial charge in [0.2, 0.25) is 5.82 Å². The molecule has 2 aromatic heterocycles. The van der Waals surface area contributed by atoms with E-state index in [4.69, 9.17) is 4.74 Å². The summed E-state index contributed by atoms with van der Waals surface area (Å²) in [7, 11) is 0. The lowest BCUT2D eigenvalue weighted by molar-refractivity contribution is -0.384. The molecular formula is C21H20FN5O4. The van der Waals surface area contributed by atoms with Gasteiger partial charge >= 0.3 is 11.8 Å². The van der Waals surface area contributed by atoms with Gasteiger partial charge in [-0.25, -0.2) is 19.2 Å². The van der Waals surface area contributed by atoms with E-state index in [-0.39, 0.29) is 17.3 Å². The topological polar surface area (TPSA) is 119 Å². The van der Waals surface area contributed by atoms with Crippen molar-refractivity contribution in [2.24, 2.45) is 0 Å². The number of halogens is 1. The predicted molar refractivity (Wildman–Crippen MR) is 114 cm³/mol. The molecule has 3 aromatic rings. The maximum absolute atomic E-state index is 13.2. The molecule has 0 saturated heterocycles. The Morgan fingerprint density at radius 3 is 2.39 bits per heavy atom. The van der Waals surface area contributed by atoms with E-state index in [1.54, 1.807) is 26.8 Å². The molecule has 0 fully saturated rings. The van der Waals surface area contributed by atoms with Gasteiger partial charge in [0.25, 0.3) is 0 Å². The van der Waals surface area contributed by atoms with Crippen molar-refractivity contribution < 1.29 is 18.8 Å². The first-order chi connectivity index (χ1) is 14.6. The molecule has 0 spiro atoms. The molecule has 10 heteroatoms. The van der Waals surface area contributed by atoms with Crippen molar-refractivity contribution in [3.8, 4) is 11.3 Å². The number of aromatic nitrogens is 2. The van der Waals surface area contributed by atoms with E-state index in [2.05, 4.69) is 20.6 Å². The molecule has 1 amide bonds. The maximum atomic E-state index is 13.2. The summed E-state index contributed by atoms with van der Waals surface area (Å²) < 4.78 is 18.3. The zero-order valence-electron chi connectivity index (χ0n) is 17.0. The number of amides is 1. The van der Waals surface area contributed by atoms with Gasteiger partial charge in [-0.1, -0.05) is 0 Å². The third-order valence-electron chi connectivity index (χ3n) is 3.87. The van der Waals surface area contributed by atoms with Crippen molar-refractivity contribution in [3.63, 3.8) is 0 Å². The van der Waals surface area contributed by atoms with E-state index in [0.29, 0.717) is 16.9 Å². The number of pyridine rings is 2. The Balaban J connectivity index is 1.80. The van der Waals surface area contributed by atoms with Crippen molar-refractivity contribution in [3.05, 3.63) is 70.7 Å². The highest BCUT2D eigenvalue weighted by Gasteiger charge is 2.18. The van der Waals surface area contributed by atoms with Crippen LogP contribution in [0, 0.1) is 15.9 Å². The van der Waals surface area contributed by atoms with Crippen LogP contribution in [0.5, 0.6) is 0 Å². The summed E-state index contributed by atoms with van der Waals surface area (Å²) >= 11 is 0. The Labute approximate surface area is 177 Å². The van der Waals surface area contributed by atoms with Gasteiger partial charge in [0.1, 0.15) is 17.2 Å². The fourth-order valence-corrected chi connectivity index (χ4v) is 2.56. The van der Waals surface area contributed by atoms with E-state index < -0.39 is 22.4 Å². The van der Waals surface area contributed by atoms with Crippen molar-refractivity contribution in [2.75, 3.05) is 10.6 Å². The number of carbonyl (C=O) groups excluding carboxylic acids is 1. The van der Waals surface area contributed by atoms with Crippen LogP contribution >= 0.6 is 0 Å². The number of carbonyl (C=O) groups is 1. The summed E-state index contributed by atoms with van der Waals surface area (Å²) in [6.07, 6.45) is 0.743. The zero-order chi connectivity index (χ0) is 22.6. The molecule has 0 aliphatic carbocycles. The molecule has 1 aromatic carbocycles. The number of benzene rings is 1. The van der Waals surface area contributed by atoms with Crippen LogP contribution in [-0.4, -0.2) is 26.6 Å². The van der Waals surface area contributed by atoms with Gasteiger partial charge in [-0.3, -0.25) is 15.4 Å². The summed E-state index contributed by atoms with van der Waals surface area (Å²) in [6.45, 7) is 5.23. The minimum Gasteiger partial charge on any atom is -0.444 e. The van der Waals surface area contributed by atoms with Gasteiger partial charge in [0.05, 0.1) is 22.5 Å². The summed E-state index contributed by atoms with van der Waals surface area (Å²) in [6, 6.07) is 11.5. The molecule has 3 rings (SSSR count). The smallest absolute Gasteiger partial charge is 0.413 e. The molecule has 31 heavy (non-hydrogen) atoms. The molecule has 2 heterocycles. The average molecular weight is 425 g/mol. The molecular weight excluding hydrogens is 405 g/mol. The molecule has 0 aliphatic heterocycles. The minimum absolute atomic E-state index is 0.00137. The SMILES string of the molecule is CC(C)(C)OC(=O)Nc1ccc(Nc2nc(-c3ccc(F)cc3)ccc2[N+](=O)[O-])cn1. The number of ether oxygens (including phenoxy) is 1. The van der Waals surface area contributed by atoms with Gasteiger partial charge in [0, 0.05) is 11.6 Å². The molecule has 2 N–H and O–H groups in total. The normalized spacial score (nSPS) is 11.0. The number of nitro groups is 1. The Bertz CT molecular complexity index is 1100. The van der Waals surface area contributed by atoms with Crippen LogP contribution in [0.3, 0.4) is 0 Å². The van der Waals surface area contributed by atoms with Crippen molar-refractivity contribution in [1.29, 1.82) is 0 Å². The number of nitrogens with one attached hydrogen (secondary N) is 2. The zero-order valence-corrected chi connectivity index (χ0v) is 17.0. The number of hydrogen-bond acceptors (Lipinski definition) is 7. The third-order valence-corrected chi connectivity index (χ3v) is 3.87. The Hall–Kier alpha value is -4.08. The fraction of sp³-hybridized carbons (Fsp3) is 0.190. The van der Waals surface area contributed by atoms with E-state index in [1.165, 1.54) is 48.7 Å². The lowest BCUT2D eigenvalue weighted by Gasteiger charge is -2.19. The van der Waals surface area contributed by atoms with Crippen LogP contribution in [0.4, 0.5) is 32.2 Å². The van der Waals surface area contributed by atoms with Crippen LogP contribution in [-0.2, 0) is 4.74 Å². The maximum Gasteiger partial charge on any atom is 0.413 e. The molecule has 0 radical (unpaired) electrons. The van der Waals surface area contributed by atoms with Gasteiger partial charge in [0.15, 0.2) is 0 Å². The van der Waals surface area contributed by atoms with E-state index in [0.717, 1.165) is 0 Å². The first kappa shape index (κ1) is 21.6. The number of rotatable bonds is 5. The largest absolute Gasteiger partial charge is 0.444 e. The van der Waals surface area contributed by atoms with Crippen LogP contribution in [0.15, 0.2) is 54.7 Å². The van der Waals surface area contributed by atoms with Crippen LogP contribution in [0.1, 0.15) is 20.8 Å². The monoisotopic (exact) mass is 425 g/mol. The van der Waals surface area contributed by atoms with Crippen LogP contribution in [0.25, 0.3) is 11.3 Å². The Morgan fingerprint density at radius 2 is 1.81 bits per heavy atom. The Morgan fingerprint density at radius 1 is 1.10 bits per heavy atom. The van der Waals surface area contributed by atoms with Crippen molar-refractivity contribution >= 4 is 29.1 Å². The van der Waals surface area contributed by atoms with Crippen LogP contribution in [0.2, 0.25) is 0 Å². The second-order valence-corrected chi connectivity index (χ2v) is 7.51. The second kappa shape index (κ2) is 8.74. The van der Waals surface area contributed by atoms with Crippen molar-refractivity contribution in [2.45, 2.75) is 26.4 Å². The molecule has 0 saturated carbocycles. The summed E-state index contributed by atoms with van der Waals surface area (Å²) in [5.41, 5.74) is 0.577. The second-order valence-electron chi connectivity index (χ2n) is 7.51. The molecule has 0 unspecified atom stereocenters. The van der Waals surface area contributed by atoms with Gasteiger partial charge in [-0.05, 0) is 63.2 Å². The van der Waals surface area contributed by atoms with E-state index >= 15 is 0 Å². The standard InChI is InChI=1S/C21H20FN5O4/c1-21(2,3)31-20(28)26-18-11-8-15(12-23-18)24-19-17(27(29)30)10-9-16(25-19)13-4-6-14(22)7-5-13/h4-12H,1-3H3,(H,24,25)(H,23,26,28). The lowest BCUT2D eigenvalue weighted by atomic mass is 10.1. The summed E-state index contributed by atoms with van der Waals surface area (Å²) in [5, 5.41) is 16.8. The predicted octanol–water partition coefficient (Wildman–Crippen LogP) is 5.28. The molecule has 9 nitrogen and oxygen atoms in total. The van der Waals surface area contributed by atoms with Gasteiger partial charge in [-0.2, -0.15) is 0 Å². The number of anilines is 3. The highest BCUT2D eigenvalue weighted by atomic mass is 19.1. The molecule has 160 valence electrons. The fourth-order valence-electron chi connectivity index (χ4n) is 2.56. The molecule has 0 bridgehead atoms. The highest BCUT2D eigenvalue weighted by Crippen LogP contribution is 2.29. The lowest BCUT2D eigenvalue weighted by Crippen LogP contribution is -2.27. The quantitative estimate of drug-likeness (QED) is 0.421.